The van der Waals surface area contributed by atoms with Gasteiger partial charge in [-0.05, 0) is 23.8 Å². The van der Waals surface area contributed by atoms with Crippen molar-refractivity contribution in [3.63, 3.8) is 0 Å². The van der Waals surface area contributed by atoms with Crippen LogP contribution in [0.25, 0.3) is 0 Å². The second kappa shape index (κ2) is 7.07. The molecule has 3 N–H and O–H groups in total. The highest BCUT2D eigenvalue weighted by Crippen LogP contribution is 2.36. The lowest BCUT2D eigenvalue weighted by Gasteiger charge is -2.22. The van der Waals surface area contributed by atoms with Gasteiger partial charge < -0.3 is 10.8 Å². The van der Waals surface area contributed by atoms with Crippen LogP contribution in [0.1, 0.15) is 23.1 Å². The lowest BCUT2D eigenvalue weighted by molar-refractivity contribution is -0.386. The van der Waals surface area contributed by atoms with E-state index >= 15 is 0 Å². The van der Waals surface area contributed by atoms with Crippen molar-refractivity contribution in [1.29, 1.82) is 0 Å². The number of aliphatic hydroxyl groups is 1. The summed E-state index contributed by atoms with van der Waals surface area (Å²) in [5, 5.41) is 22.4. The van der Waals surface area contributed by atoms with Gasteiger partial charge in [0.2, 0.25) is 0 Å². The number of nitro benzene ring substituents is 1. The summed E-state index contributed by atoms with van der Waals surface area (Å²) >= 11 is 11.9. The molecule has 0 saturated carbocycles. The van der Waals surface area contributed by atoms with Crippen molar-refractivity contribution in [2.24, 2.45) is 5.73 Å². The Bertz CT molecular complexity index is 694. The molecule has 0 bridgehead atoms. The summed E-state index contributed by atoms with van der Waals surface area (Å²) in [6.45, 7) is 0.102. The summed E-state index contributed by atoms with van der Waals surface area (Å²) in [5.41, 5.74) is 6.49. The Labute approximate surface area is 137 Å². The van der Waals surface area contributed by atoms with Crippen molar-refractivity contribution in [3.05, 3.63) is 73.8 Å². The molecule has 0 spiro atoms. The standard InChI is InChI=1S/C15H14Cl2N2O3/c16-12-6-5-9(7-13(12)17)11(8-18)15(20)10-3-1-2-4-14(10)19(21)22/h1-7,11,15,20H,8,18H2. The molecule has 0 saturated heterocycles. The monoisotopic (exact) mass is 340 g/mol. The van der Waals surface area contributed by atoms with Gasteiger partial charge in [-0.1, -0.05) is 41.4 Å². The highest BCUT2D eigenvalue weighted by molar-refractivity contribution is 6.42. The Hall–Kier alpha value is -1.66. The van der Waals surface area contributed by atoms with Crippen molar-refractivity contribution < 1.29 is 10.0 Å². The summed E-state index contributed by atoms with van der Waals surface area (Å²) in [6.07, 6.45) is -1.12. The molecule has 2 unspecified atom stereocenters. The lowest BCUT2D eigenvalue weighted by atomic mass is 9.88. The molecule has 2 atom stereocenters. The van der Waals surface area contributed by atoms with E-state index in [1.165, 1.54) is 12.1 Å². The predicted octanol–water partition coefficient (Wildman–Crippen LogP) is 3.68. The Kier molecular flexibility index (Phi) is 5.37. The highest BCUT2D eigenvalue weighted by Gasteiger charge is 2.27. The third kappa shape index (κ3) is 3.39. The van der Waals surface area contributed by atoms with Crippen LogP contribution in [-0.4, -0.2) is 16.6 Å². The average molecular weight is 341 g/mol. The van der Waals surface area contributed by atoms with Crippen LogP contribution < -0.4 is 5.73 Å². The average Bonchev–Trinajstić information content (AvgIpc) is 2.51. The summed E-state index contributed by atoms with van der Waals surface area (Å²) in [6, 6.07) is 11.0. The van der Waals surface area contributed by atoms with Crippen molar-refractivity contribution in [3.8, 4) is 0 Å². The molecule has 0 aliphatic carbocycles. The van der Waals surface area contributed by atoms with E-state index in [1.54, 1.807) is 30.3 Å². The van der Waals surface area contributed by atoms with Crippen LogP contribution in [0.2, 0.25) is 10.0 Å². The molecular formula is C15H14Cl2N2O3. The first-order chi connectivity index (χ1) is 10.5. The molecule has 0 amide bonds. The first-order valence-electron chi connectivity index (χ1n) is 6.52. The van der Waals surface area contributed by atoms with Crippen molar-refractivity contribution >= 4 is 28.9 Å². The van der Waals surface area contributed by atoms with Crippen LogP contribution in [0.15, 0.2) is 42.5 Å². The third-order valence-electron chi connectivity index (χ3n) is 3.46. The maximum atomic E-state index is 11.1. The van der Waals surface area contributed by atoms with Gasteiger partial charge in [-0.3, -0.25) is 10.1 Å². The summed E-state index contributed by atoms with van der Waals surface area (Å²) in [5.74, 6) is -0.532. The SMILES string of the molecule is NCC(c1ccc(Cl)c(Cl)c1)C(O)c1ccccc1[N+](=O)[O-]. The topological polar surface area (TPSA) is 89.4 Å². The van der Waals surface area contributed by atoms with Crippen LogP contribution in [0.3, 0.4) is 0 Å². The Balaban J connectivity index is 2.43. The molecule has 0 fully saturated rings. The molecular weight excluding hydrogens is 327 g/mol. The molecule has 22 heavy (non-hydrogen) atoms. The van der Waals surface area contributed by atoms with Crippen molar-refractivity contribution in [2.75, 3.05) is 6.54 Å². The third-order valence-corrected chi connectivity index (χ3v) is 4.20. The number of aliphatic hydroxyl groups excluding tert-OH is 1. The van der Waals surface area contributed by atoms with E-state index in [9.17, 15) is 15.2 Å². The summed E-state index contributed by atoms with van der Waals surface area (Å²) < 4.78 is 0. The zero-order chi connectivity index (χ0) is 16.3. The van der Waals surface area contributed by atoms with Gasteiger partial charge >= 0.3 is 0 Å². The van der Waals surface area contributed by atoms with Gasteiger partial charge in [0.15, 0.2) is 0 Å². The van der Waals surface area contributed by atoms with Gasteiger partial charge in [-0.2, -0.15) is 0 Å². The molecule has 116 valence electrons. The predicted molar refractivity (Wildman–Crippen MR) is 86.3 cm³/mol. The molecule has 0 heterocycles. The van der Waals surface area contributed by atoms with E-state index in [4.69, 9.17) is 28.9 Å². The van der Waals surface area contributed by atoms with Gasteiger partial charge in [0, 0.05) is 18.5 Å². The van der Waals surface area contributed by atoms with Crippen LogP contribution in [0.4, 0.5) is 5.69 Å². The fourth-order valence-corrected chi connectivity index (χ4v) is 2.62. The molecule has 2 aromatic carbocycles. The van der Waals surface area contributed by atoms with Crippen LogP contribution >= 0.6 is 23.2 Å². The number of hydrogen-bond acceptors (Lipinski definition) is 4. The fraction of sp³-hybridized carbons (Fsp3) is 0.200. The molecule has 0 aromatic heterocycles. The maximum Gasteiger partial charge on any atom is 0.275 e. The molecule has 7 heteroatoms. The van der Waals surface area contributed by atoms with Crippen LogP contribution in [0.5, 0.6) is 0 Å². The minimum atomic E-state index is -1.12. The number of benzene rings is 2. The number of rotatable bonds is 5. The minimum absolute atomic E-state index is 0.102. The Morgan fingerprint density at radius 2 is 1.86 bits per heavy atom. The van der Waals surface area contributed by atoms with E-state index in [0.29, 0.717) is 15.6 Å². The first kappa shape index (κ1) is 16.7. The number of nitrogens with zero attached hydrogens (tertiary/aromatic N) is 1. The number of halogens is 2. The van der Waals surface area contributed by atoms with E-state index in [0.717, 1.165) is 0 Å². The zero-order valence-electron chi connectivity index (χ0n) is 11.4. The fourth-order valence-electron chi connectivity index (χ4n) is 2.31. The second-order valence-corrected chi connectivity index (χ2v) is 5.59. The molecule has 2 aromatic rings. The van der Waals surface area contributed by atoms with E-state index < -0.39 is 16.9 Å². The number of nitro groups is 1. The van der Waals surface area contributed by atoms with Gasteiger partial charge in [0.1, 0.15) is 0 Å². The van der Waals surface area contributed by atoms with E-state index in [-0.39, 0.29) is 17.8 Å². The number of nitrogens with two attached hydrogens (primary N) is 1. The maximum absolute atomic E-state index is 11.1. The largest absolute Gasteiger partial charge is 0.387 e. The van der Waals surface area contributed by atoms with Crippen LogP contribution in [0, 0.1) is 10.1 Å². The molecule has 0 aliphatic rings. The molecule has 0 radical (unpaired) electrons. The van der Waals surface area contributed by atoms with Gasteiger partial charge in [0.05, 0.1) is 26.6 Å². The normalized spacial score (nSPS) is 13.6. The molecule has 5 nitrogen and oxygen atoms in total. The van der Waals surface area contributed by atoms with Crippen LogP contribution in [-0.2, 0) is 0 Å². The first-order valence-corrected chi connectivity index (χ1v) is 7.27. The number of hydrogen-bond donors (Lipinski definition) is 2. The minimum Gasteiger partial charge on any atom is -0.387 e. The molecule has 2 rings (SSSR count). The number of para-hydroxylation sites is 1. The highest BCUT2D eigenvalue weighted by atomic mass is 35.5. The quantitative estimate of drug-likeness (QED) is 0.641. The Morgan fingerprint density at radius 3 is 2.45 bits per heavy atom. The van der Waals surface area contributed by atoms with E-state index in [1.807, 2.05) is 0 Å². The molecule has 0 aliphatic heterocycles. The zero-order valence-corrected chi connectivity index (χ0v) is 13.0. The van der Waals surface area contributed by atoms with Crippen molar-refractivity contribution in [2.45, 2.75) is 12.0 Å². The van der Waals surface area contributed by atoms with Gasteiger partial charge in [-0.15, -0.1) is 0 Å². The summed E-state index contributed by atoms with van der Waals surface area (Å²) in [4.78, 5) is 10.6. The second-order valence-electron chi connectivity index (χ2n) is 4.78. The van der Waals surface area contributed by atoms with Crippen molar-refractivity contribution in [1.82, 2.24) is 0 Å². The van der Waals surface area contributed by atoms with Gasteiger partial charge in [-0.25, -0.2) is 0 Å². The van der Waals surface area contributed by atoms with E-state index in [2.05, 4.69) is 0 Å². The Morgan fingerprint density at radius 1 is 1.18 bits per heavy atom. The smallest absolute Gasteiger partial charge is 0.275 e. The van der Waals surface area contributed by atoms with Gasteiger partial charge in [0.25, 0.3) is 5.69 Å². The summed E-state index contributed by atoms with van der Waals surface area (Å²) in [7, 11) is 0. The lowest BCUT2D eigenvalue weighted by Crippen LogP contribution is -2.21.